The minimum absolute atomic E-state index is 0.106. The van der Waals surface area contributed by atoms with E-state index in [2.05, 4.69) is 25.8 Å². The highest BCUT2D eigenvalue weighted by atomic mass is 35.5. The third kappa shape index (κ3) is 5.03. The maximum atomic E-state index is 12.0. The molecule has 0 aliphatic carbocycles. The largest absolute Gasteiger partial charge is 0.299 e. The van der Waals surface area contributed by atoms with E-state index in [1.807, 2.05) is 0 Å². The second-order valence-corrected chi connectivity index (χ2v) is 8.73. The molecule has 1 aromatic heterocycles. The molecule has 2 aromatic carbocycles. The fraction of sp³-hybridized carbons (Fsp3) is 0. The molecule has 0 atom stereocenters. The van der Waals surface area contributed by atoms with Crippen molar-refractivity contribution in [1.29, 1.82) is 0 Å². The lowest BCUT2D eigenvalue weighted by Gasteiger charge is -2.16. The van der Waals surface area contributed by atoms with Crippen LogP contribution in [0.2, 0.25) is 10.0 Å². The Kier molecular flexibility index (Phi) is 6.42. The summed E-state index contributed by atoms with van der Waals surface area (Å²) in [5, 5.41) is 24.0. The van der Waals surface area contributed by atoms with E-state index in [0.29, 0.717) is 21.4 Å². The van der Waals surface area contributed by atoms with Crippen LogP contribution in [-0.2, 0) is 9.59 Å². The van der Waals surface area contributed by atoms with Crippen molar-refractivity contribution < 1.29 is 14.5 Å². The number of nitrogens with zero attached hydrogens (tertiary/aromatic N) is 3. The second kappa shape index (κ2) is 9.27. The first-order valence-electron chi connectivity index (χ1n) is 8.94. The van der Waals surface area contributed by atoms with Gasteiger partial charge in [-0.2, -0.15) is 0 Å². The number of nitro groups is 1. The predicted molar refractivity (Wildman–Crippen MR) is 126 cm³/mol. The Balaban J connectivity index is 1.62. The first-order chi connectivity index (χ1) is 15.7. The number of nitrogens with one attached hydrogen (secondary N) is 3. The highest BCUT2D eigenvalue weighted by Crippen LogP contribution is 2.36. The highest BCUT2D eigenvalue weighted by molar-refractivity contribution is 7.99. The lowest BCUT2D eigenvalue weighted by Crippen LogP contribution is -2.51. The molecule has 10 nitrogen and oxygen atoms in total. The minimum atomic E-state index is -0.695. The Morgan fingerprint density at radius 2 is 1.82 bits per heavy atom. The van der Waals surface area contributed by atoms with Crippen LogP contribution in [0, 0.1) is 10.1 Å². The average molecular weight is 521 g/mol. The topological polar surface area (TPSA) is 143 Å². The molecule has 1 saturated heterocycles. The molecule has 0 unspecified atom stereocenters. The fourth-order valence-corrected chi connectivity index (χ4v) is 4.30. The van der Waals surface area contributed by atoms with Crippen LogP contribution >= 0.6 is 47.2 Å². The lowest BCUT2D eigenvalue weighted by molar-refractivity contribution is -0.387. The van der Waals surface area contributed by atoms with Crippen molar-refractivity contribution in [1.82, 2.24) is 25.8 Å². The van der Waals surface area contributed by atoms with E-state index in [4.69, 9.17) is 35.4 Å². The standard InChI is InChI=1S/C19H10Cl2N6O4S2/c20-9-2-3-10(12(21)7-9)15-22-19(26-25-15)33-14-4-1-8(6-13(14)27(30)31)5-11-16(28)23-18(32)24-17(11)29/h1-7H,(H,22,25,26)(H2,23,24,28,29,32). The Morgan fingerprint density at radius 1 is 1.09 bits per heavy atom. The van der Waals surface area contributed by atoms with E-state index >= 15 is 0 Å². The third-order valence-corrected chi connectivity index (χ3v) is 5.97. The van der Waals surface area contributed by atoms with Crippen molar-refractivity contribution >= 4 is 75.9 Å². The number of H-pyrrole nitrogens is 1. The molecular weight excluding hydrogens is 511 g/mol. The molecule has 14 heteroatoms. The van der Waals surface area contributed by atoms with Crippen LogP contribution in [0.25, 0.3) is 17.5 Å². The molecule has 3 N–H and O–H groups in total. The Labute approximate surface area is 204 Å². The number of hydrogen-bond donors (Lipinski definition) is 3. The molecule has 1 aliphatic rings. The monoisotopic (exact) mass is 520 g/mol. The zero-order chi connectivity index (χ0) is 23.7. The quantitative estimate of drug-likeness (QED) is 0.152. The smallest absolute Gasteiger partial charge is 0.283 e. The van der Waals surface area contributed by atoms with Gasteiger partial charge in [0.05, 0.1) is 14.8 Å². The molecule has 33 heavy (non-hydrogen) atoms. The molecule has 0 saturated carbocycles. The molecule has 4 rings (SSSR count). The lowest BCUT2D eigenvalue weighted by atomic mass is 10.1. The number of rotatable bonds is 5. The van der Waals surface area contributed by atoms with E-state index in [1.165, 1.54) is 24.3 Å². The number of benzene rings is 2. The number of halogens is 2. The highest BCUT2D eigenvalue weighted by Gasteiger charge is 2.26. The Morgan fingerprint density at radius 3 is 2.48 bits per heavy atom. The van der Waals surface area contributed by atoms with Crippen molar-refractivity contribution in [3.05, 3.63) is 67.7 Å². The Hall–Kier alpha value is -3.32. The van der Waals surface area contributed by atoms with Gasteiger partial charge in [-0.1, -0.05) is 29.3 Å². The Bertz CT molecular complexity index is 1350. The summed E-state index contributed by atoms with van der Waals surface area (Å²) >= 11 is 17.8. The number of carbonyl (C=O) groups is 2. The van der Waals surface area contributed by atoms with Crippen molar-refractivity contribution in [2.24, 2.45) is 0 Å². The number of nitro benzene ring substituents is 1. The van der Waals surface area contributed by atoms with Gasteiger partial charge in [-0.25, -0.2) is 4.98 Å². The maximum absolute atomic E-state index is 12.0. The summed E-state index contributed by atoms with van der Waals surface area (Å²) < 4.78 is 0. The van der Waals surface area contributed by atoms with Gasteiger partial charge >= 0.3 is 0 Å². The van der Waals surface area contributed by atoms with Gasteiger partial charge in [0.1, 0.15) is 5.57 Å². The number of carbonyl (C=O) groups excluding carboxylic acids is 2. The normalized spacial score (nSPS) is 13.5. The number of aromatic nitrogens is 3. The van der Waals surface area contributed by atoms with Gasteiger partial charge in [-0.15, -0.1) is 5.10 Å². The van der Waals surface area contributed by atoms with E-state index in [0.717, 1.165) is 11.8 Å². The van der Waals surface area contributed by atoms with Gasteiger partial charge in [-0.05, 0) is 59.9 Å². The van der Waals surface area contributed by atoms with Crippen LogP contribution in [-0.4, -0.2) is 37.0 Å². The van der Waals surface area contributed by atoms with Crippen LogP contribution in [0.3, 0.4) is 0 Å². The maximum Gasteiger partial charge on any atom is 0.283 e. The van der Waals surface area contributed by atoms with Gasteiger partial charge in [0.15, 0.2) is 10.9 Å². The molecule has 2 amide bonds. The molecule has 3 aromatic rings. The van der Waals surface area contributed by atoms with Crippen LogP contribution in [0.1, 0.15) is 5.56 Å². The number of hydrogen-bond acceptors (Lipinski definition) is 8. The molecule has 2 heterocycles. The first kappa shape index (κ1) is 22.9. The van der Waals surface area contributed by atoms with Gasteiger partial charge in [-0.3, -0.25) is 35.4 Å². The summed E-state index contributed by atoms with van der Waals surface area (Å²) in [7, 11) is 0. The van der Waals surface area contributed by atoms with Crippen molar-refractivity contribution in [2.75, 3.05) is 0 Å². The summed E-state index contributed by atoms with van der Waals surface area (Å²) in [4.78, 5) is 39.7. The summed E-state index contributed by atoms with van der Waals surface area (Å²) in [6, 6.07) is 9.13. The third-order valence-electron chi connectivity index (χ3n) is 4.29. The molecule has 0 bridgehead atoms. The van der Waals surface area contributed by atoms with Gasteiger partial charge in [0.2, 0.25) is 5.16 Å². The van der Waals surface area contributed by atoms with Crippen LogP contribution in [0.15, 0.2) is 52.0 Å². The molecule has 0 spiro atoms. The van der Waals surface area contributed by atoms with E-state index in [-0.39, 0.29) is 32.0 Å². The summed E-state index contributed by atoms with van der Waals surface area (Å²) in [6.45, 7) is 0. The SMILES string of the molecule is O=C1NC(=S)NC(=O)C1=Cc1ccc(Sc2n[nH]c(-c3ccc(Cl)cc3Cl)n2)c([N+](=O)[O-])c1. The summed E-state index contributed by atoms with van der Waals surface area (Å²) in [5.41, 5.74) is 0.373. The summed E-state index contributed by atoms with van der Waals surface area (Å²) in [6.07, 6.45) is 1.24. The van der Waals surface area contributed by atoms with E-state index in [1.54, 1.807) is 18.2 Å². The molecule has 1 aliphatic heterocycles. The van der Waals surface area contributed by atoms with E-state index < -0.39 is 16.7 Å². The van der Waals surface area contributed by atoms with Crippen LogP contribution < -0.4 is 10.6 Å². The average Bonchev–Trinajstić information content (AvgIpc) is 3.19. The van der Waals surface area contributed by atoms with Crippen molar-refractivity contribution in [3.8, 4) is 11.4 Å². The van der Waals surface area contributed by atoms with Crippen LogP contribution in [0.5, 0.6) is 0 Å². The number of amides is 2. The summed E-state index contributed by atoms with van der Waals surface area (Å²) in [5.74, 6) is -1.02. The van der Waals surface area contributed by atoms with Gasteiger partial charge < -0.3 is 0 Å². The van der Waals surface area contributed by atoms with Crippen molar-refractivity contribution in [2.45, 2.75) is 10.1 Å². The zero-order valence-corrected chi connectivity index (χ0v) is 19.2. The zero-order valence-electron chi connectivity index (χ0n) is 16.1. The predicted octanol–water partition coefficient (Wildman–Crippen LogP) is 3.75. The fourth-order valence-electron chi connectivity index (χ4n) is 2.82. The van der Waals surface area contributed by atoms with Crippen molar-refractivity contribution in [3.63, 3.8) is 0 Å². The number of aromatic amines is 1. The van der Waals surface area contributed by atoms with E-state index in [9.17, 15) is 19.7 Å². The molecular formula is C19H10Cl2N6O4S2. The molecule has 0 radical (unpaired) electrons. The van der Waals surface area contributed by atoms with Crippen LogP contribution in [0.4, 0.5) is 5.69 Å². The van der Waals surface area contributed by atoms with Gasteiger partial charge in [0, 0.05) is 16.7 Å². The second-order valence-electron chi connectivity index (χ2n) is 6.47. The minimum Gasteiger partial charge on any atom is -0.299 e. The molecule has 166 valence electrons. The molecule has 1 fully saturated rings. The van der Waals surface area contributed by atoms with Gasteiger partial charge in [0.25, 0.3) is 17.5 Å². The first-order valence-corrected chi connectivity index (χ1v) is 10.9. The number of thiocarbonyl (C=S) groups is 1.